The number of benzene rings is 1. The fourth-order valence-electron chi connectivity index (χ4n) is 2.58. The highest BCUT2D eigenvalue weighted by Gasteiger charge is 2.20. The van der Waals surface area contributed by atoms with Gasteiger partial charge in [0.25, 0.3) is 0 Å². The molecule has 1 aliphatic heterocycles. The molecule has 1 aromatic heterocycles. The Labute approximate surface area is 173 Å². The molecule has 1 aromatic carbocycles. The predicted molar refractivity (Wildman–Crippen MR) is 113 cm³/mol. The summed E-state index contributed by atoms with van der Waals surface area (Å²) >= 11 is 0. The number of carbonyl (C=O) groups is 1. The van der Waals surface area contributed by atoms with Gasteiger partial charge >= 0.3 is 0 Å². The first-order chi connectivity index (χ1) is 12.6. The number of aliphatic imine (C=N–C) groups is 1. The van der Waals surface area contributed by atoms with Gasteiger partial charge < -0.3 is 20.9 Å². The third kappa shape index (κ3) is 6.01. The molecule has 0 radical (unpaired) electrons. The maximum atomic E-state index is 12.9. The average Bonchev–Trinajstić information content (AvgIpc) is 2.69. The summed E-state index contributed by atoms with van der Waals surface area (Å²) in [4.78, 5) is 28.5. The molecule has 27 heavy (non-hydrogen) atoms. The van der Waals surface area contributed by atoms with Crippen LogP contribution >= 0.6 is 24.0 Å². The Kier molecular flexibility index (Phi) is 7.70. The van der Waals surface area contributed by atoms with Gasteiger partial charge in [-0.3, -0.25) is 4.79 Å². The highest BCUT2D eigenvalue weighted by molar-refractivity contribution is 14.0. The molecular weight excluding hydrogens is 464 g/mol. The number of hydrogen-bond donors (Lipinski definition) is 2. The summed E-state index contributed by atoms with van der Waals surface area (Å²) < 4.78 is 12.9. The Balaban J connectivity index is 0.00000261. The van der Waals surface area contributed by atoms with E-state index in [0.29, 0.717) is 30.7 Å². The number of nitrogens with zero attached hydrogens (tertiary/aromatic N) is 5. The molecule has 0 saturated carbocycles. The highest BCUT2D eigenvalue weighted by atomic mass is 127. The summed E-state index contributed by atoms with van der Waals surface area (Å²) in [5.74, 6) is 0.357. The minimum absolute atomic E-state index is 0. The Hall–Kier alpha value is -2.50. The molecule has 2 aromatic rings. The van der Waals surface area contributed by atoms with E-state index in [0.717, 1.165) is 13.1 Å². The lowest BCUT2D eigenvalue weighted by Gasteiger charge is -2.35. The number of aromatic nitrogens is 2. The number of nitrogens with one attached hydrogen (secondary N) is 1. The lowest BCUT2D eigenvalue weighted by atomic mass is 10.3. The maximum absolute atomic E-state index is 12.9. The van der Waals surface area contributed by atoms with Crippen molar-refractivity contribution in [2.75, 3.05) is 42.9 Å². The van der Waals surface area contributed by atoms with Crippen molar-refractivity contribution in [1.82, 2.24) is 14.9 Å². The number of piperazine rings is 1. The van der Waals surface area contributed by atoms with Crippen molar-refractivity contribution in [3.8, 4) is 0 Å². The SMILES string of the molecule is I.NC(=NCC(=O)Nc1ccc(F)cc1)N1CCN(c2ncccn2)CC1. The number of amides is 1. The molecule has 2 heterocycles. The van der Waals surface area contributed by atoms with Crippen LogP contribution in [-0.4, -0.2) is 59.5 Å². The van der Waals surface area contributed by atoms with Crippen molar-refractivity contribution < 1.29 is 9.18 Å². The summed E-state index contributed by atoms with van der Waals surface area (Å²) in [6, 6.07) is 7.32. The van der Waals surface area contributed by atoms with Crippen molar-refractivity contribution in [1.29, 1.82) is 0 Å². The number of hydrogen-bond acceptors (Lipinski definition) is 5. The molecule has 3 N–H and O–H groups in total. The van der Waals surface area contributed by atoms with Crippen molar-refractivity contribution in [3.05, 3.63) is 48.5 Å². The summed E-state index contributed by atoms with van der Waals surface area (Å²) in [5, 5.41) is 2.64. The van der Waals surface area contributed by atoms with Crippen LogP contribution in [0.25, 0.3) is 0 Å². The zero-order chi connectivity index (χ0) is 18.4. The van der Waals surface area contributed by atoms with Crippen LogP contribution in [0.4, 0.5) is 16.0 Å². The molecule has 1 amide bonds. The largest absolute Gasteiger partial charge is 0.370 e. The lowest BCUT2D eigenvalue weighted by Crippen LogP contribution is -2.51. The van der Waals surface area contributed by atoms with E-state index < -0.39 is 0 Å². The van der Waals surface area contributed by atoms with Gasteiger partial charge in [-0.2, -0.15) is 0 Å². The zero-order valence-corrected chi connectivity index (χ0v) is 16.9. The van der Waals surface area contributed by atoms with Crippen LogP contribution in [0.15, 0.2) is 47.7 Å². The second-order valence-corrected chi connectivity index (χ2v) is 5.75. The monoisotopic (exact) mass is 485 g/mol. The number of nitrogens with two attached hydrogens (primary N) is 1. The molecule has 0 aliphatic carbocycles. The molecule has 144 valence electrons. The van der Waals surface area contributed by atoms with Gasteiger partial charge in [-0.25, -0.2) is 19.4 Å². The van der Waals surface area contributed by atoms with Crippen LogP contribution in [0.2, 0.25) is 0 Å². The minimum Gasteiger partial charge on any atom is -0.370 e. The molecule has 3 rings (SSSR count). The first-order valence-corrected chi connectivity index (χ1v) is 8.24. The van der Waals surface area contributed by atoms with Crippen molar-refractivity contribution in [2.24, 2.45) is 10.7 Å². The van der Waals surface area contributed by atoms with Crippen LogP contribution < -0.4 is 16.0 Å². The second kappa shape index (κ2) is 10.00. The van der Waals surface area contributed by atoms with Crippen LogP contribution in [0.5, 0.6) is 0 Å². The van der Waals surface area contributed by atoms with Crippen molar-refractivity contribution in [3.63, 3.8) is 0 Å². The van der Waals surface area contributed by atoms with Gasteiger partial charge in [-0.1, -0.05) is 0 Å². The molecule has 8 nitrogen and oxygen atoms in total. The van der Waals surface area contributed by atoms with Crippen LogP contribution in [-0.2, 0) is 4.79 Å². The molecule has 1 fully saturated rings. The predicted octanol–water partition coefficient (Wildman–Crippen LogP) is 1.31. The van der Waals surface area contributed by atoms with E-state index in [4.69, 9.17) is 5.73 Å². The molecule has 0 spiro atoms. The smallest absolute Gasteiger partial charge is 0.246 e. The minimum atomic E-state index is -0.356. The van der Waals surface area contributed by atoms with E-state index in [2.05, 4.69) is 25.2 Å². The van der Waals surface area contributed by atoms with E-state index in [1.807, 2.05) is 4.90 Å². The maximum Gasteiger partial charge on any atom is 0.246 e. The molecule has 10 heteroatoms. The first kappa shape index (κ1) is 20.8. The van der Waals surface area contributed by atoms with Crippen molar-refractivity contribution >= 4 is 47.5 Å². The van der Waals surface area contributed by atoms with Gasteiger partial charge in [-0.15, -0.1) is 24.0 Å². The number of anilines is 2. The lowest BCUT2D eigenvalue weighted by molar-refractivity contribution is -0.114. The number of halogens is 2. The summed E-state index contributed by atoms with van der Waals surface area (Å²) in [7, 11) is 0. The van der Waals surface area contributed by atoms with Gasteiger partial charge in [0.2, 0.25) is 11.9 Å². The quantitative estimate of drug-likeness (QED) is 0.385. The fraction of sp³-hybridized carbons (Fsp3) is 0.294. The zero-order valence-electron chi connectivity index (χ0n) is 14.6. The number of rotatable bonds is 4. The Morgan fingerprint density at radius 3 is 2.41 bits per heavy atom. The average molecular weight is 485 g/mol. The fourth-order valence-corrected chi connectivity index (χ4v) is 2.58. The number of guanidine groups is 1. The summed E-state index contributed by atoms with van der Waals surface area (Å²) in [6.45, 7) is 2.70. The van der Waals surface area contributed by atoms with E-state index in [1.54, 1.807) is 18.5 Å². The van der Waals surface area contributed by atoms with Crippen LogP contribution in [0.1, 0.15) is 0 Å². The van der Waals surface area contributed by atoms with E-state index in [1.165, 1.54) is 24.3 Å². The Morgan fingerprint density at radius 1 is 1.15 bits per heavy atom. The van der Waals surface area contributed by atoms with Crippen molar-refractivity contribution in [2.45, 2.75) is 0 Å². The van der Waals surface area contributed by atoms with Gasteiger partial charge in [0.1, 0.15) is 12.4 Å². The molecule has 1 aliphatic rings. The van der Waals surface area contributed by atoms with E-state index >= 15 is 0 Å². The molecular formula is C17H21FIN7O. The van der Waals surface area contributed by atoms with E-state index in [-0.39, 0.29) is 42.2 Å². The van der Waals surface area contributed by atoms with Gasteiger partial charge in [0.05, 0.1) is 0 Å². The van der Waals surface area contributed by atoms with E-state index in [9.17, 15) is 9.18 Å². The third-order valence-electron chi connectivity index (χ3n) is 3.95. The third-order valence-corrected chi connectivity index (χ3v) is 3.95. The highest BCUT2D eigenvalue weighted by Crippen LogP contribution is 2.10. The van der Waals surface area contributed by atoms with Gasteiger partial charge in [-0.05, 0) is 30.3 Å². The van der Waals surface area contributed by atoms with Crippen LogP contribution in [0.3, 0.4) is 0 Å². The van der Waals surface area contributed by atoms with Gasteiger partial charge in [0.15, 0.2) is 5.96 Å². The molecule has 0 bridgehead atoms. The second-order valence-electron chi connectivity index (χ2n) is 5.75. The molecule has 0 unspecified atom stereocenters. The first-order valence-electron chi connectivity index (χ1n) is 8.24. The standard InChI is InChI=1S/C17H20FN7O.HI/c18-13-2-4-14(5-3-13)23-15(26)12-22-16(19)24-8-10-25(11-9-24)17-20-6-1-7-21-17;/h1-7H,8-12H2,(H2,19,22)(H,23,26);1H. The Morgan fingerprint density at radius 2 is 1.78 bits per heavy atom. The van der Waals surface area contributed by atoms with Gasteiger partial charge in [0, 0.05) is 44.3 Å². The summed E-state index contributed by atoms with van der Waals surface area (Å²) in [6.07, 6.45) is 3.43. The number of carbonyl (C=O) groups excluding carboxylic acids is 1. The summed E-state index contributed by atoms with van der Waals surface area (Å²) in [5.41, 5.74) is 6.51. The Bertz CT molecular complexity index is 765. The topological polar surface area (TPSA) is 99.7 Å². The molecule has 1 saturated heterocycles. The normalized spacial score (nSPS) is 14.5. The van der Waals surface area contributed by atoms with Crippen LogP contribution in [0, 0.1) is 5.82 Å². The molecule has 0 atom stereocenters.